The number of carbonyl (C=O) groups excluding carboxylic acids is 1. The second-order valence-corrected chi connectivity index (χ2v) is 5.79. The molecule has 0 aliphatic rings. The summed E-state index contributed by atoms with van der Waals surface area (Å²) in [4.78, 5) is 11.8. The molecule has 2 rings (SSSR count). The van der Waals surface area contributed by atoms with Gasteiger partial charge in [-0.2, -0.15) is 13.2 Å². The van der Waals surface area contributed by atoms with Gasteiger partial charge in [0.05, 0.1) is 12.2 Å². The molecule has 0 heterocycles. The minimum atomic E-state index is -4.68. The van der Waals surface area contributed by atoms with Crippen LogP contribution in [-0.4, -0.2) is 12.5 Å². The number of hydrogen-bond donors (Lipinski definition) is 1. The first-order valence-electron chi connectivity index (χ1n) is 8.08. The molecule has 2 aromatic carbocycles. The van der Waals surface area contributed by atoms with Crippen LogP contribution in [0.2, 0.25) is 0 Å². The third-order valence-electron chi connectivity index (χ3n) is 3.75. The maximum atomic E-state index is 13.0. The summed E-state index contributed by atoms with van der Waals surface area (Å²) in [5, 5.41) is 2.42. The first-order valence-corrected chi connectivity index (χ1v) is 8.08. The Bertz CT molecular complexity index is 759. The molecule has 1 N–H and O–H groups in total. The van der Waals surface area contributed by atoms with Crippen LogP contribution >= 0.6 is 0 Å². The first-order chi connectivity index (χ1) is 12.3. The fraction of sp³-hybridized carbons (Fsp3) is 0.316. The molecule has 0 saturated heterocycles. The van der Waals surface area contributed by atoms with Gasteiger partial charge in [0.2, 0.25) is 5.91 Å². The average molecular weight is 369 g/mol. The Labute approximate surface area is 149 Å². The SMILES string of the molecule is Cc1ccccc1OCCCC(=O)NCc1ccc(F)cc1C(F)(F)F. The summed E-state index contributed by atoms with van der Waals surface area (Å²) in [7, 11) is 0. The molecule has 0 aliphatic carbocycles. The number of alkyl halides is 3. The predicted molar refractivity (Wildman–Crippen MR) is 89.2 cm³/mol. The van der Waals surface area contributed by atoms with Crippen LogP contribution in [0.15, 0.2) is 42.5 Å². The number of para-hydroxylation sites is 1. The van der Waals surface area contributed by atoms with Crippen LogP contribution in [0.5, 0.6) is 5.75 Å². The van der Waals surface area contributed by atoms with E-state index in [9.17, 15) is 22.4 Å². The molecule has 0 atom stereocenters. The highest BCUT2D eigenvalue weighted by molar-refractivity contribution is 5.75. The molecule has 3 nitrogen and oxygen atoms in total. The number of rotatable bonds is 7. The summed E-state index contributed by atoms with van der Waals surface area (Å²) in [6.45, 7) is 1.91. The lowest BCUT2D eigenvalue weighted by atomic mass is 10.1. The summed E-state index contributed by atoms with van der Waals surface area (Å²) in [5.74, 6) is -0.634. The number of amides is 1. The van der Waals surface area contributed by atoms with E-state index in [0.717, 1.165) is 23.4 Å². The Morgan fingerprint density at radius 2 is 1.88 bits per heavy atom. The number of benzene rings is 2. The van der Waals surface area contributed by atoms with Crippen molar-refractivity contribution in [1.82, 2.24) is 5.32 Å². The predicted octanol–water partition coefficient (Wildman–Crippen LogP) is 4.63. The van der Waals surface area contributed by atoms with Crippen molar-refractivity contribution in [3.63, 3.8) is 0 Å². The van der Waals surface area contributed by atoms with Gasteiger partial charge in [-0.3, -0.25) is 4.79 Å². The standard InChI is InChI=1S/C19H19F4NO2/c1-13-5-2-3-6-17(13)26-10-4-7-18(25)24-12-14-8-9-15(20)11-16(14)19(21,22)23/h2-3,5-6,8-9,11H,4,7,10,12H2,1H3,(H,24,25). The number of carbonyl (C=O) groups is 1. The van der Waals surface area contributed by atoms with Crippen molar-refractivity contribution in [2.75, 3.05) is 6.61 Å². The molecule has 26 heavy (non-hydrogen) atoms. The van der Waals surface area contributed by atoms with Crippen molar-refractivity contribution in [2.45, 2.75) is 32.5 Å². The highest BCUT2D eigenvalue weighted by atomic mass is 19.4. The maximum absolute atomic E-state index is 13.0. The van der Waals surface area contributed by atoms with E-state index in [1.54, 1.807) is 0 Å². The fourth-order valence-corrected chi connectivity index (χ4v) is 2.38. The van der Waals surface area contributed by atoms with E-state index in [4.69, 9.17) is 4.74 Å². The quantitative estimate of drug-likeness (QED) is 0.571. The van der Waals surface area contributed by atoms with Crippen LogP contribution in [0, 0.1) is 12.7 Å². The maximum Gasteiger partial charge on any atom is 0.416 e. The van der Waals surface area contributed by atoms with Gasteiger partial charge in [-0.25, -0.2) is 4.39 Å². The fourth-order valence-electron chi connectivity index (χ4n) is 2.38. The van der Waals surface area contributed by atoms with Crippen molar-refractivity contribution in [1.29, 1.82) is 0 Å². The lowest BCUT2D eigenvalue weighted by molar-refractivity contribution is -0.138. The van der Waals surface area contributed by atoms with Crippen molar-refractivity contribution in [2.24, 2.45) is 0 Å². The highest BCUT2D eigenvalue weighted by Crippen LogP contribution is 2.32. The molecule has 0 radical (unpaired) electrons. The lowest BCUT2D eigenvalue weighted by Crippen LogP contribution is -2.24. The number of hydrogen-bond acceptors (Lipinski definition) is 2. The minimum absolute atomic E-state index is 0.119. The molecule has 0 aromatic heterocycles. The molecule has 7 heteroatoms. The Morgan fingerprint density at radius 3 is 2.58 bits per heavy atom. The third-order valence-corrected chi connectivity index (χ3v) is 3.75. The molecule has 0 spiro atoms. The summed E-state index contributed by atoms with van der Waals surface area (Å²) in [5.41, 5.74) is -0.281. The summed E-state index contributed by atoms with van der Waals surface area (Å²) >= 11 is 0. The molecule has 0 aliphatic heterocycles. The summed E-state index contributed by atoms with van der Waals surface area (Å²) in [6, 6.07) is 9.85. The van der Waals surface area contributed by atoms with Crippen LogP contribution in [0.25, 0.3) is 0 Å². The highest BCUT2D eigenvalue weighted by Gasteiger charge is 2.33. The van der Waals surface area contributed by atoms with Crippen LogP contribution in [0.1, 0.15) is 29.5 Å². The Kier molecular flexibility index (Phi) is 6.60. The minimum Gasteiger partial charge on any atom is -0.493 e. The zero-order chi connectivity index (χ0) is 19.2. The van der Waals surface area contributed by atoms with E-state index in [1.165, 1.54) is 0 Å². The zero-order valence-corrected chi connectivity index (χ0v) is 14.2. The van der Waals surface area contributed by atoms with Gasteiger partial charge in [0.1, 0.15) is 11.6 Å². The van der Waals surface area contributed by atoms with Crippen molar-refractivity contribution in [3.8, 4) is 5.75 Å². The van der Waals surface area contributed by atoms with Gasteiger partial charge in [0.15, 0.2) is 0 Å². The van der Waals surface area contributed by atoms with Crippen LogP contribution in [0.4, 0.5) is 17.6 Å². The van der Waals surface area contributed by atoms with E-state index in [0.29, 0.717) is 19.1 Å². The van der Waals surface area contributed by atoms with E-state index in [-0.39, 0.29) is 18.5 Å². The normalized spacial score (nSPS) is 11.3. The van der Waals surface area contributed by atoms with Gasteiger partial charge in [0, 0.05) is 13.0 Å². The molecule has 1 amide bonds. The number of nitrogens with one attached hydrogen (secondary N) is 1. The first kappa shape index (κ1) is 19.8. The zero-order valence-electron chi connectivity index (χ0n) is 14.2. The molecule has 0 saturated carbocycles. The van der Waals surface area contributed by atoms with Gasteiger partial charge in [0.25, 0.3) is 0 Å². The largest absolute Gasteiger partial charge is 0.493 e. The molecular weight excluding hydrogens is 350 g/mol. The third kappa shape index (κ3) is 5.75. The topological polar surface area (TPSA) is 38.3 Å². The summed E-state index contributed by atoms with van der Waals surface area (Å²) in [6.07, 6.45) is -4.13. The van der Waals surface area contributed by atoms with Crippen molar-refractivity contribution >= 4 is 5.91 Å². The average Bonchev–Trinajstić information content (AvgIpc) is 2.58. The van der Waals surface area contributed by atoms with E-state index >= 15 is 0 Å². The number of ether oxygens (including phenoxy) is 1. The van der Waals surface area contributed by atoms with Gasteiger partial charge < -0.3 is 10.1 Å². The second-order valence-electron chi connectivity index (χ2n) is 5.79. The molecule has 0 fully saturated rings. The number of halogens is 4. The molecular formula is C19H19F4NO2. The Hall–Kier alpha value is -2.57. The van der Waals surface area contributed by atoms with Crippen molar-refractivity contribution in [3.05, 3.63) is 65.0 Å². The van der Waals surface area contributed by atoms with E-state index < -0.39 is 23.5 Å². The number of aryl methyl sites for hydroxylation is 1. The van der Waals surface area contributed by atoms with Crippen LogP contribution < -0.4 is 10.1 Å². The second kappa shape index (κ2) is 8.69. The van der Waals surface area contributed by atoms with E-state index in [1.807, 2.05) is 31.2 Å². The Balaban J connectivity index is 1.80. The monoisotopic (exact) mass is 369 g/mol. The molecule has 0 bridgehead atoms. The van der Waals surface area contributed by atoms with E-state index in [2.05, 4.69) is 5.32 Å². The van der Waals surface area contributed by atoms with Gasteiger partial charge in [-0.15, -0.1) is 0 Å². The van der Waals surface area contributed by atoms with Gasteiger partial charge in [-0.05, 0) is 42.7 Å². The molecule has 0 unspecified atom stereocenters. The lowest BCUT2D eigenvalue weighted by Gasteiger charge is -2.14. The smallest absolute Gasteiger partial charge is 0.416 e. The Morgan fingerprint density at radius 1 is 1.15 bits per heavy atom. The molecule has 2 aromatic rings. The molecule has 140 valence electrons. The van der Waals surface area contributed by atoms with Gasteiger partial charge in [-0.1, -0.05) is 24.3 Å². The van der Waals surface area contributed by atoms with Gasteiger partial charge >= 0.3 is 6.18 Å². The van der Waals surface area contributed by atoms with Crippen molar-refractivity contribution < 1.29 is 27.1 Å². The van der Waals surface area contributed by atoms with Crippen LogP contribution in [0.3, 0.4) is 0 Å². The summed E-state index contributed by atoms with van der Waals surface area (Å²) < 4.78 is 57.3. The van der Waals surface area contributed by atoms with Crippen LogP contribution in [-0.2, 0) is 17.5 Å².